The van der Waals surface area contributed by atoms with Crippen LogP contribution in [0.15, 0.2) is 81.4 Å². The van der Waals surface area contributed by atoms with Crippen molar-refractivity contribution in [3.05, 3.63) is 99.1 Å². The van der Waals surface area contributed by atoms with Gasteiger partial charge in [-0.1, -0.05) is 41.4 Å². The minimum atomic E-state index is -3.75. The summed E-state index contributed by atoms with van der Waals surface area (Å²) >= 11 is 7.36. The number of aryl methyl sites for hydroxylation is 2. The van der Waals surface area contributed by atoms with E-state index in [-0.39, 0.29) is 10.5 Å². The maximum absolute atomic E-state index is 13.0. The smallest absolute Gasteiger partial charge is 0.262 e. The molecule has 0 saturated carbocycles. The van der Waals surface area contributed by atoms with Crippen molar-refractivity contribution in [3.63, 3.8) is 0 Å². The minimum absolute atomic E-state index is 0.225. The van der Waals surface area contributed by atoms with Gasteiger partial charge >= 0.3 is 0 Å². The zero-order valence-electron chi connectivity index (χ0n) is 17.4. The molecule has 6 nitrogen and oxygen atoms in total. The average Bonchev–Trinajstić information content (AvgIpc) is 2.73. The summed E-state index contributed by atoms with van der Waals surface area (Å²) in [6.45, 7) is 3.70. The van der Waals surface area contributed by atoms with Gasteiger partial charge in [-0.3, -0.25) is 13.9 Å². The minimum Gasteiger partial charge on any atom is -0.278 e. The van der Waals surface area contributed by atoms with Gasteiger partial charge in [0.2, 0.25) is 0 Å². The molecule has 4 aromatic rings. The number of rotatable bonds is 6. The third kappa shape index (κ3) is 4.82. The molecule has 0 unspecified atom stereocenters. The zero-order valence-corrected chi connectivity index (χ0v) is 19.8. The van der Waals surface area contributed by atoms with E-state index in [2.05, 4.69) is 9.71 Å². The monoisotopic (exact) mass is 485 g/mol. The van der Waals surface area contributed by atoms with Gasteiger partial charge in [0.25, 0.3) is 15.6 Å². The van der Waals surface area contributed by atoms with Crippen LogP contribution < -0.4 is 10.3 Å². The third-order valence-electron chi connectivity index (χ3n) is 4.80. The number of halogens is 1. The van der Waals surface area contributed by atoms with Gasteiger partial charge in [0.05, 0.1) is 21.3 Å². The van der Waals surface area contributed by atoms with E-state index in [1.165, 1.54) is 28.4 Å². The first kappa shape index (κ1) is 22.4. The van der Waals surface area contributed by atoms with Crippen LogP contribution >= 0.6 is 23.4 Å². The predicted molar refractivity (Wildman–Crippen MR) is 129 cm³/mol. The summed E-state index contributed by atoms with van der Waals surface area (Å²) in [5.41, 5.74) is 3.02. The Hall–Kier alpha value is -2.81. The number of fused-ring (bicyclic) bond motifs is 1. The highest BCUT2D eigenvalue weighted by molar-refractivity contribution is 7.98. The van der Waals surface area contributed by atoms with Crippen molar-refractivity contribution in [2.24, 2.45) is 0 Å². The van der Waals surface area contributed by atoms with E-state index in [0.717, 1.165) is 10.5 Å². The molecule has 0 amide bonds. The van der Waals surface area contributed by atoms with Gasteiger partial charge in [-0.05, 0) is 49.7 Å². The largest absolute Gasteiger partial charge is 0.278 e. The van der Waals surface area contributed by atoms with Crippen molar-refractivity contribution >= 4 is 44.7 Å². The predicted octanol–water partition coefficient (Wildman–Crippen LogP) is 5.06. The number of thioether (sulfide) groups is 1. The van der Waals surface area contributed by atoms with E-state index < -0.39 is 10.0 Å². The second-order valence-electron chi connectivity index (χ2n) is 7.32. The van der Waals surface area contributed by atoms with E-state index in [1.807, 2.05) is 25.1 Å². The Balaban J connectivity index is 1.59. The topological polar surface area (TPSA) is 80.5 Å². The average molecular weight is 486 g/mol. The van der Waals surface area contributed by atoms with Crippen LogP contribution in [-0.2, 0) is 15.8 Å². The summed E-state index contributed by atoms with van der Waals surface area (Å²) in [6.07, 6.45) is 1.53. The molecule has 164 valence electrons. The second-order valence-corrected chi connectivity index (χ2v) is 10.4. The number of nitrogens with zero attached hydrogens (tertiary/aromatic N) is 2. The lowest BCUT2D eigenvalue weighted by molar-refractivity contribution is 0.600. The van der Waals surface area contributed by atoms with Gasteiger partial charge in [-0.2, -0.15) is 0 Å². The van der Waals surface area contributed by atoms with Crippen LogP contribution in [0.1, 0.15) is 16.8 Å². The molecule has 0 aliphatic rings. The van der Waals surface area contributed by atoms with E-state index in [4.69, 9.17) is 11.6 Å². The first-order chi connectivity index (χ1) is 15.2. The molecule has 0 aliphatic heterocycles. The summed E-state index contributed by atoms with van der Waals surface area (Å²) in [5, 5.41) is 0.452. The number of pyridine rings is 1. The zero-order chi connectivity index (χ0) is 22.9. The van der Waals surface area contributed by atoms with Crippen LogP contribution in [-0.4, -0.2) is 17.8 Å². The van der Waals surface area contributed by atoms with Gasteiger partial charge in [0, 0.05) is 22.9 Å². The van der Waals surface area contributed by atoms with Crippen LogP contribution in [0.3, 0.4) is 0 Å². The van der Waals surface area contributed by atoms with Gasteiger partial charge in [0.1, 0.15) is 5.65 Å². The van der Waals surface area contributed by atoms with Crippen LogP contribution in [0.4, 0.5) is 5.69 Å². The molecule has 0 bridgehead atoms. The summed E-state index contributed by atoms with van der Waals surface area (Å²) < 4.78 is 30.1. The molecule has 2 aromatic heterocycles. The second kappa shape index (κ2) is 8.97. The Morgan fingerprint density at radius 3 is 2.62 bits per heavy atom. The summed E-state index contributed by atoms with van der Waals surface area (Å²) in [7, 11) is -3.75. The lowest BCUT2D eigenvalue weighted by atomic mass is 10.2. The van der Waals surface area contributed by atoms with Crippen LogP contribution in [0, 0.1) is 13.8 Å². The molecule has 4 rings (SSSR count). The molecular formula is C23H20ClN3O3S2. The number of sulfonamides is 1. The molecule has 9 heteroatoms. The van der Waals surface area contributed by atoms with Crippen molar-refractivity contribution in [2.75, 3.05) is 4.72 Å². The number of anilines is 1. The molecule has 0 radical (unpaired) electrons. The van der Waals surface area contributed by atoms with Gasteiger partial charge in [-0.15, -0.1) is 11.8 Å². The molecule has 0 fully saturated rings. The number of benzene rings is 2. The van der Waals surface area contributed by atoms with Gasteiger partial charge in [-0.25, -0.2) is 13.4 Å². The fourth-order valence-corrected chi connectivity index (χ4v) is 5.76. The molecular weight excluding hydrogens is 466 g/mol. The fraction of sp³-hybridized carbons (Fsp3) is 0.130. The Bertz CT molecular complexity index is 1480. The van der Waals surface area contributed by atoms with Gasteiger partial charge in [0.15, 0.2) is 0 Å². The van der Waals surface area contributed by atoms with Crippen molar-refractivity contribution in [2.45, 2.75) is 29.4 Å². The lowest BCUT2D eigenvalue weighted by Crippen LogP contribution is -2.15. The number of hydrogen-bond acceptors (Lipinski definition) is 5. The number of hydrogen-bond donors (Lipinski definition) is 1. The highest BCUT2D eigenvalue weighted by Crippen LogP contribution is 2.31. The van der Waals surface area contributed by atoms with E-state index in [9.17, 15) is 13.2 Å². The maximum atomic E-state index is 13.0. The first-order valence-electron chi connectivity index (χ1n) is 9.73. The fourth-order valence-electron chi connectivity index (χ4n) is 3.33. The number of nitrogens with one attached hydrogen (secondary N) is 1. The van der Waals surface area contributed by atoms with Crippen molar-refractivity contribution < 1.29 is 8.42 Å². The number of para-hydroxylation sites is 1. The number of aromatic nitrogens is 2. The Kier molecular flexibility index (Phi) is 6.28. The maximum Gasteiger partial charge on any atom is 0.262 e. The molecule has 0 atom stereocenters. The molecule has 1 N–H and O–H groups in total. The van der Waals surface area contributed by atoms with E-state index >= 15 is 0 Å². The highest BCUT2D eigenvalue weighted by atomic mass is 35.5. The van der Waals surface area contributed by atoms with Crippen LogP contribution in [0.2, 0.25) is 5.02 Å². The standard InChI is InChI=1S/C23H20ClN3O3S2/c1-15-7-9-21(16(2)11-15)32(29,30)26-19-5-3-4-6-20(19)31-14-18-12-23(28)27-13-17(24)8-10-22(27)25-18/h3-13,26H,14H2,1-2H3. The van der Waals surface area contributed by atoms with Crippen molar-refractivity contribution in [1.29, 1.82) is 0 Å². The molecule has 2 heterocycles. The first-order valence-corrected chi connectivity index (χ1v) is 12.6. The third-order valence-corrected chi connectivity index (χ3v) is 7.66. The van der Waals surface area contributed by atoms with Crippen LogP contribution in [0.5, 0.6) is 0 Å². The Labute approximate surface area is 195 Å². The molecule has 0 saturated heterocycles. The highest BCUT2D eigenvalue weighted by Gasteiger charge is 2.18. The quantitative estimate of drug-likeness (QED) is 0.386. The Morgan fingerprint density at radius 2 is 1.84 bits per heavy atom. The van der Waals surface area contributed by atoms with Crippen molar-refractivity contribution in [3.8, 4) is 0 Å². The normalized spacial score (nSPS) is 11.6. The summed E-state index contributed by atoms with van der Waals surface area (Å²) in [5.74, 6) is 0.399. The molecule has 2 aromatic carbocycles. The summed E-state index contributed by atoms with van der Waals surface area (Å²) in [6, 6.07) is 17.2. The van der Waals surface area contributed by atoms with Gasteiger partial charge < -0.3 is 0 Å². The lowest BCUT2D eigenvalue weighted by Gasteiger charge is -2.14. The summed E-state index contributed by atoms with van der Waals surface area (Å²) in [4.78, 5) is 17.9. The Morgan fingerprint density at radius 1 is 1.06 bits per heavy atom. The van der Waals surface area contributed by atoms with E-state index in [1.54, 1.807) is 43.3 Å². The molecule has 32 heavy (non-hydrogen) atoms. The molecule has 0 aliphatic carbocycles. The van der Waals surface area contributed by atoms with Crippen molar-refractivity contribution in [1.82, 2.24) is 9.38 Å². The SMILES string of the molecule is Cc1ccc(S(=O)(=O)Nc2ccccc2SCc2cc(=O)n3cc(Cl)ccc3n2)c(C)c1. The van der Waals surface area contributed by atoms with Crippen LogP contribution in [0.25, 0.3) is 5.65 Å². The molecule has 0 spiro atoms. The van der Waals surface area contributed by atoms with E-state index in [0.29, 0.717) is 33.4 Å².